The van der Waals surface area contributed by atoms with Gasteiger partial charge < -0.3 is 4.74 Å². The minimum atomic E-state index is 0.502. The van der Waals surface area contributed by atoms with Gasteiger partial charge in [-0.15, -0.1) is 11.8 Å². The number of aryl methyl sites for hydroxylation is 1. The number of ether oxygens (including phenoxy) is 1. The van der Waals surface area contributed by atoms with E-state index in [1.165, 1.54) is 11.8 Å². The maximum Gasteiger partial charge on any atom is 0.139 e. The lowest BCUT2D eigenvalue weighted by Crippen LogP contribution is -1.97. The monoisotopic (exact) mass is 235 g/mol. The van der Waals surface area contributed by atoms with E-state index in [0.717, 1.165) is 22.2 Å². The zero-order valence-electron chi connectivity index (χ0n) is 9.44. The van der Waals surface area contributed by atoms with E-state index >= 15 is 0 Å². The van der Waals surface area contributed by atoms with E-state index in [0.29, 0.717) is 5.04 Å². The highest BCUT2D eigenvalue weighted by Gasteiger charge is 2.13. The zero-order valence-corrected chi connectivity index (χ0v) is 10.3. The summed E-state index contributed by atoms with van der Waals surface area (Å²) in [5, 5.41) is 13.6. The molecule has 0 fully saturated rings. The van der Waals surface area contributed by atoms with E-state index in [1.54, 1.807) is 11.8 Å². The Bertz CT molecular complexity index is 547. The van der Waals surface area contributed by atoms with E-state index < -0.39 is 0 Å². The predicted octanol–water partition coefficient (Wildman–Crippen LogP) is 2.27. The molecule has 1 heterocycles. The molecule has 0 aliphatic rings. The van der Waals surface area contributed by atoms with E-state index in [1.807, 2.05) is 31.6 Å². The average Bonchev–Trinajstić information content (AvgIpc) is 2.66. The molecule has 0 aliphatic heterocycles. The maximum atomic E-state index is 7.86. The van der Waals surface area contributed by atoms with E-state index in [9.17, 15) is 0 Å². The number of rotatable bonds is 2. The van der Waals surface area contributed by atoms with Crippen LogP contribution in [0, 0.1) is 5.41 Å². The first-order valence-corrected chi connectivity index (χ1v) is 6.03. The Labute approximate surface area is 98.1 Å². The average molecular weight is 235 g/mol. The van der Waals surface area contributed by atoms with Gasteiger partial charge in [0.1, 0.15) is 5.75 Å². The second-order valence-corrected chi connectivity index (χ2v) is 4.23. The molecule has 0 amide bonds. The summed E-state index contributed by atoms with van der Waals surface area (Å²) in [5.41, 5.74) is 1.70. The second kappa shape index (κ2) is 4.17. The van der Waals surface area contributed by atoms with Crippen LogP contribution in [0.25, 0.3) is 10.9 Å². The summed E-state index contributed by atoms with van der Waals surface area (Å²) in [5.74, 6) is 0.727. The highest BCUT2D eigenvalue weighted by atomic mass is 32.2. The third kappa shape index (κ3) is 1.67. The van der Waals surface area contributed by atoms with Gasteiger partial charge in [-0.25, -0.2) is 0 Å². The molecule has 2 aromatic rings. The number of benzene rings is 1. The van der Waals surface area contributed by atoms with Crippen LogP contribution in [0.4, 0.5) is 0 Å². The number of thioether (sulfide) groups is 1. The Balaban J connectivity index is 2.71. The minimum Gasteiger partial charge on any atom is -0.495 e. The van der Waals surface area contributed by atoms with Crippen molar-refractivity contribution in [2.45, 2.75) is 0 Å². The number of aromatic nitrogens is 2. The molecular formula is C11H13N3OS. The molecular weight excluding hydrogens is 222 g/mol. The Hall–Kier alpha value is -1.49. The van der Waals surface area contributed by atoms with Crippen LogP contribution in [0.2, 0.25) is 0 Å². The summed E-state index contributed by atoms with van der Waals surface area (Å²) in [6.07, 6.45) is 3.79. The molecule has 0 saturated heterocycles. The highest BCUT2D eigenvalue weighted by Crippen LogP contribution is 2.30. The molecule has 0 radical (unpaired) electrons. The number of nitrogens with zero attached hydrogens (tertiary/aromatic N) is 2. The van der Waals surface area contributed by atoms with Crippen LogP contribution in [0.3, 0.4) is 0 Å². The van der Waals surface area contributed by atoms with Gasteiger partial charge in [-0.05, 0) is 18.4 Å². The SMILES string of the molecule is COc1c(C(=N)SC)ccc2nn(C)cc12. The lowest BCUT2D eigenvalue weighted by molar-refractivity contribution is 0.419. The van der Waals surface area contributed by atoms with Gasteiger partial charge in [-0.2, -0.15) is 5.10 Å². The lowest BCUT2D eigenvalue weighted by Gasteiger charge is -2.08. The molecule has 1 N–H and O–H groups in total. The molecule has 0 spiro atoms. The first-order valence-electron chi connectivity index (χ1n) is 4.80. The summed E-state index contributed by atoms with van der Waals surface area (Å²) in [4.78, 5) is 0. The van der Waals surface area contributed by atoms with Crippen LogP contribution < -0.4 is 4.74 Å². The molecule has 0 saturated carbocycles. The Kier molecular flexibility index (Phi) is 2.87. The molecule has 1 aromatic carbocycles. The van der Waals surface area contributed by atoms with Gasteiger partial charge in [0.25, 0.3) is 0 Å². The fourth-order valence-electron chi connectivity index (χ4n) is 1.70. The molecule has 2 rings (SSSR count). The van der Waals surface area contributed by atoms with Crippen molar-refractivity contribution in [3.05, 3.63) is 23.9 Å². The van der Waals surface area contributed by atoms with Crippen molar-refractivity contribution in [1.29, 1.82) is 5.41 Å². The molecule has 4 nitrogen and oxygen atoms in total. The Morgan fingerprint density at radius 2 is 2.25 bits per heavy atom. The van der Waals surface area contributed by atoms with E-state index in [-0.39, 0.29) is 0 Å². The van der Waals surface area contributed by atoms with Crippen molar-refractivity contribution in [2.24, 2.45) is 7.05 Å². The molecule has 84 valence electrons. The van der Waals surface area contributed by atoms with Crippen molar-refractivity contribution in [3.63, 3.8) is 0 Å². The minimum absolute atomic E-state index is 0.502. The van der Waals surface area contributed by atoms with Crippen LogP contribution in [0.5, 0.6) is 5.75 Å². The van der Waals surface area contributed by atoms with E-state index in [4.69, 9.17) is 10.1 Å². The van der Waals surface area contributed by atoms with Gasteiger partial charge in [0.15, 0.2) is 0 Å². The van der Waals surface area contributed by atoms with Crippen LogP contribution in [0.1, 0.15) is 5.56 Å². The summed E-state index contributed by atoms with van der Waals surface area (Å²) in [7, 11) is 3.50. The van der Waals surface area contributed by atoms with Crippen molar-refractivity contribution < 1.29 is 4.74 Å². The zero-order chi connectivity index (χ0) is 11.7. The number of methoxy groups -OCH3 is 1. The van der Waals surface area contributed by atoms with Crippen LogP contribution >= 0.6 is 11.8 Å². The first kappa shape index (κ1) is 11.0. The highest BCUT2D eigenvalue weighted by molar-refractivity contribution is 8.13. The molecule has 5 heteroatoms. The maximum absolute atomic E-state index is 7.86. The number of nitrogens with one attached hydrogen (secondary N) is 1. The van der Waals surface area contributed by atoms with Gasteiger partial charge in [-0.1, -0.05) is 0 Å². The third-order valence-electron chi connectivity index (χ3n) is 2.41. The molecule has 1 aromatic heterocycles. The topological polar surface area (TPSA) is 50.9 Å². The quantitative estimate of drug-likeness (QED) is 0.641. The van der Waals surface area contributed by atoms with Crippen LogP contribution in [-0.4, -0.2) is 28.2 Å². The van der Waals surface area contributed by atoms with Gasteiger partial charge >= 0.3 is 0 Å². The normalized spacial score (nSPS) is 10.7. The van der Waals surface area contributed by atoms with Crippen molar-refractivity contribution in [3.8, 4) is 5.75 Å². The fourth-order valence-corrected chi connectivity index (χ4v) is 2.08. The lowest BCUT2D eigenvalue weighted by atomic mass is 10.1. The number of fused-ring (bicyclic) bond motifs is 1. The van der Waals surface area contributed by atoms with Gasteiger partial charge in [-0.3, -0.25) is 10.1 Å². The number of hydrogen-bond acceptors (Lipinski definition) is 4. The van der Waals surface area contributed by atoms with Crippen molar-refractivity contribution in [2.75, 3.05) is 13.4 Å². The molecule has 0 bridgehead atoms. The number of hydrogen-bond donors (Lipinski definition) is 1. The fraction of sp³-hybridized carbons (Fsp3) is 0.273. The predicted molar refractivity (Wildman–Crippen MR) is 67.6 cm³/mol. The van der Waals surface area contributed by atoms with Gasteiger partial charge in [0.05, 0.1) is 23.1 Å². The van der Waals surface area contributed by atoms with Crippen LogP contribution in [0.15, 0.2) is 18.3 Å². The summed E-state index contributed by atoms with van der Waals surface area (Å²) in [6.45, 7) is 0. The third-order valence-corrected chi connectivity index (χ3v) is 3.04. The van der Waals surface area contributed by atoms with Crippen molar-refractivity contribution in [1.82, 2.24) is 9.78 Å². The van der Waals surface area contributed by atoms with Crippen molar-refractivity contribution >= 4 is 27.7 Å². The Morgan fingerprint density at radius 1 is 1.50 bits per heavy atom. The smallest absolute Gasteiger partial charge is 0.139 e. The molecule has 0 atom stereocenters. The Morgan fingerprint density at radius 3 is 2.88 bits per heavy atom. The van der Waals surface area contributed by atoms with E-state index in [2.05, 4.69) is 5.10 Å². The summed E-state index contributed by atoms with van der Waals surface area (Å²) < 4.78 is 7.14. The summed E-state index contributed by atoms with van der Waals surface area (Å²) in [6, 6.07) is 3.80. The second-order valence-electron chi connectivity index (χ2n) is 3.42. The molecule has 16 heavy (non-hydrogen) atoms. The van der Waals surface area contributed by atoms with Gasteiger partial charge in [0.2, 0.25) is 0 Å². The van der Waals surface area contributed by atoms with Crippen LogP contribution in [-0.2, 0) is 7.05 Å². The molecule has 0 unspecified atom stereocenters. The largest absolute Gasteiger partial charge is 0.495 e. The molecule has 0 aliphatic carbocycles. The standard InChI is InChI=1S/C11H13N3OS/c1-14-6-8-9(13-14)5-4-7(10(8)15-2)11(12)16-3/h4-6,12H,1-3H3. The van der Waals surface area contributed by atoms with Gasteiger partial charge in [0, 0.05) is 18.8 Å². The summed E-state index contributed by atoms with van der Waals surface area (Å²) >= 11 is 1.40. The first-order chi connectivity index (χ1) is 7.67.